The summed E-state index contributed by atoms with van der Waals surface area (Å²) in [6.07, 6.45) is 2.19. The highest BCUT2D eigenvalue weighted by atomic mass is 32.2. The highest BCUT2D eigenvalue weighted by Gasteiger charge is 2.11. The Kier molecular flexibility index (Phi) is 5.03. The summed E-state index contributed by atoms with van der Waals surface area (Å²) in [7, 11) is 0. The van der Waals surface area contributed by atoms with E-state index in [9.17, 15) is 0 Å². The summed E-state index contributed by atoms with van der Waals surface area (Å²) >= 11 is 1.92. The molecular formula is C22H22N2S. The molecule has 0 aromatic heterocycles. The van der Waals surface area contributed by atoms with Gasteiger partial charge in [-0.1, -0.05) is 60.7 Å². The SMILES string of the molecule is c1ccc(C2=NCCCN2)c(SCCc2cccc3ccccc23)c1. The molecule has 126 valence electrons. The number of aryl methyl sites for hydroxylation is 1. The molecule has 1 heterocycles. The molecule has 0 atom stereocenters. The Morgan fingerprint density at radius 1 is 0.920 bits per heavy atom. The average Bonchev–Trinajstić information content (AvgIpc) is 2.69. The van der Waals surface area contributed by atoms with Crippen LogP contribution in [0.5, 0.6) is 0 Å². The van der Waals surface area contributed by atoms with Gasteiger partial charge < -0.3 is 5.32 Å². The normalized spacial score (nSPS) is 14.2. The second-order valence-electron chi connectivity index (χ2n) is 6.24. The molecule has 3 aromatic rings. The van der Waals surface area contributed by atoms with Crippen LogP contribution in [-0.4, -0.2) is 24.7 Å². The van der Waals surface area contributed by atoms with Crippen molar-refractivity contribution in [2.24, 2.45) is 4.99 Å². The van der Waals surface area contributed by atoms with Crippen LogP contribution in [0.25, 0.3) is 10.8 Å². The maximum Gasteiger partial charge on any atom is 0.129 e. The Labute approximate surface area is 153 Å². The number of hydrogen-bond donors (Lipinski definition) is 1. The van der Waals surface area contributed by atoms with Crippen molar-refractivity contribution in [3.05, 3.63) is 77.9 Å². The minimum Gasteiger partial charge on any atom is -0.370 e. The summed E-state index contributed by atoms with van der Waals surface area (Å²) in [6, 6.07) is 23.9. The van der Waals surface area contributed by atoms with E-state index in [1.54, 1.807) is 0 Å². The predicted octanol–water partition coefficient (Wildman–Crippen LogP) is 4.91. The van der Waals surface area contributed by atoms with Gasteiger partial charge in [-0.05, 0) is 35.2 Å². The molecule has 1 aliphatic rings. The van der Waals surface area contributed by atoms with E-state index in [-0.39, 0.29) is 0 Å². The molecule has 0 aliphatic carbocycles. The Morgan fingerprint density at radius 2 is 1.76 bits per heavy atom. The summed E-state index contributed by atoms with van der Waals surface area (Å²) in [6.45, 7) is 1.95. The highest BCUT2D eigenvalue weighted by molar-refractivity contribution is 7.99. The van der Waals surface area contributed by atoms with Gasteiger partial charge in [0.25, 0.3) is 0 Å². The van der Waals surface area contributed by atoms with Crippen molar-refractivity contribution in [2.75, 3.05) is 18.8 Å². The lowest BCUT2D eigenvalue weighted by molar-refractivity contribution is 0.741. The number of rotatable bonds is 5. The first-order chi connectivity index (χ1) is 12.4. The molecule has 3 heteroatoms. The number of fused-ring (bicyclic) bond motifs is 1. The van der Waals surface area contributed by atoms with Crippen LogP contribution in [0.4, 0.5) is 0 Å². The van der Waals surface area contributed by atoms with Crippen LogP contribution in [0.15, 0.2) is 76.6 Å². The molecule has 0 saturated heterocycles. The Hall–Kier alpha value is -2.26. The first kappa shape index (κ1) is 16.2. The number of nitrogens with one attached hydrogen (secondary N) is 1. The second kappa shape index (κ2) is 7.75. The van der Waals surface area contributed by atoms with Crippen LogP contribution in [0.3, 0.4) is 0 Å². The van der Waals surface area contributed by atoms with E-state index in [1.165, 1.54) is 26.8 Å². The highest BCUT2D eigenvalue weighted by Crippen LogP contribution is 2.26. The average molecular weight is 346 g/mol. The summed E-state index contributed by atoms with van der Waals surface area (Å²) in [5, 5.41) is 6.14. The fraction of sp³-hybridized carbons (Fsp3) is 0.227. The smallest absolute Gasteiger partial charge is 0.129 e. The minimum absolute atomic E-state index is 0.928. The monoisotopic (exact) mass is 346 g/mol. The lowest BCUT2D eigenvalue weighted by atomic mass is 10.0. The molecule has 0 unspecified atom stereocenters. The Bertz CT molecular complexity index is 896. The summed E-state index contributed by atoms with van der Waals surface area (Å²) in [4.78, 5) is 5.98. The first-order valence-corrected chi connectivity index (χ1v) is 9.87. The van der Waals surface area contributed by atoms with E-state index < -0.39 is 0 Å². The fourth-order valence-corrected chi connectivity index (χ4v) is 4.32. The van der Waals surface area contributed by atoms with E-state index >= 15 is 0 Å². The Morgan fingerprint density at radius 3 is 2.68 bits per heavy atom. The van der Waals surface area contributed by atoms with Gasteiger partial charge in [0.1, 0.15) is 5.84 Å². The molecule has 1 aliphatic heterocycles. The molecule has 4 rings (SSSR count). The largest absolute Gasteiger partial charge is 0.370 e. The van der Waals surface area contributed by atoms with Crippen LogP contribution in [0, 0.1) is 0 Å². The Balaban J connectivity index is 1.49. The summed E-state index contributed by atoms with van der Waals surface area (Å²) in [5.74, 6) is 2.12. The molecule has 2 nitrogen and oxygen atoms in total. The number of aliphatic imine (C=N–C) groups is 1. The maximum atomic E-state index is 4.66. The van der Waals surface area contributed by atoms with Crippen molar-refractivity contribution in [2.45, 2.75) is 17.7 Å². The molecule has 0 bridgehead atoms. The number of amidine groups is 1. The van der Waals surface area contributed by atoms with Crippen LogP contribution < -0.4 is 5.32 Å². The zero-order valence-electron chi connectivity index (χ0n) is 14.2. The third-order valence-electron chi connectivity index (χ3n) is 4.55. The maximum absolute atomic E-state index is 4.66. The van der Waals surface area contributed by atoms with Crippen LogP contribution in [0.1, 0.15) is 17.5 Å². The van der Waals surface area contributed by atoms with Crippen molar-refractivity contribution >= 4 is 28.4 Å². The van der Waals surface area contributed by atoms with Crippen molar-refractivity contribution in [1.82, 2.24) is 5.32 Å². The van der Waals surface area contributed by atoms with Gasteiger partial charge in [-0.3, -0.25) is 4.99 Å². The third kappa shape index (κ3) is 3.72. The van der Waals surface area contributed by atoms with E-state index in [0.29, 0.717) is 0 Å². The van der Waals surface area contributed by atoms with Gasteiger partial charge in [-0.15, -0.1) is 11.8 Å². The molecule has 3 aromatic carbocycles. The summed E-state index contributed by atoms with van der Waals surface area (Å²) < 4.78 is 0. The van der Waals surface area contributed by atoms with Gasteiger partial charge in [0.15, 0.2) is 0 Å². The molecule has 25 heavy (non-hydrogen) atoms. The third-order valence-corrected chi connectivity index (χ3v) is 5.62. The van der Waals surface area contributed by atoms with Crippen LogP contribution in [0.2, 0.25) is 0 Å². The minimum atomic E-state index is 0.928. The van der Waals surface area contributed by atoms with Crippen LogP contribution in [-0.2, 0) is 6.42 Å². The first-order valence-electron chi connectivity index (χ1n) is 8.89. The van der Waals surface area contributed by atoms with Gasteiger partial charge in [-0.2, -0.15) is 0 Å². The standard InChI is InChI=1S/C22H22N2S/c1-2-10-19-17(7-1)8-5-9-18(19)13-16-25-21-12-4-3-11-20(21)22-23-14-6-15-24-22/h1-5,7-12H,6,13-16H2,(H,23,24). The second-order valence-corrected chi connectivity index (χ2v) is 7.38. The fourth-order valence-electron chi connectivity index (χ4n) is 3.28. The van der Waals surface area contributed by atoms with Gasteiger partial charge in [0, 0.05) is 29.3 Å². The topological polar surface area (TPSA) is 24.4 Å². The molecule has 0 radical (unpaired) electrons. The van der Waals surface area contributed by atoms with E-state index in [2.05, 4.69) is 77.0 Å². The number of hydrogen-bond acceptors (Lipinski definition) is 3. The molecule has 0 fully saturated rings. The summed E-state index contributed by atoms with van der Waals surface area (Å²) in [5.41, 5.74) is 2.67. The number of benzene rings is 3. The van der Waals surface area contributed by atoms with Gasteiger partial charge >= 0.3 is 0 Å². The lowest BCUT2D eigenvalue weighted by Gasteiger charge is -2.17. The quantitative estimate of drug-likeness (QED) is 0.664. The van der Waals surface area contributed by atoms with E-state index in [0.717, 1.165) is 37.5 Å². The number of thioether (sulfide) groups is 1. The zero-order chi connectivity index (χ0) is 16.9. The van der Waals surface area contributed by atoms with Crippen molar-refractivity contribution in [3.8, 4) is 0 Å². The molecule has 0 amide bonds. The number of nitrogens with zero attached hydrogens (tertiary/aromatic N) is 1. The molecule has 0 spiro atoms. The van der Waals surface area contributed by atoms with Crippen molar-refractivity contribution < 1.29 is 0 Å². The van der Waals surface area contributed by atoms with E-state index in [1.807, 2.05) is 11.8 Å². The van der Waals surface area contributed by atoms with Gasteiger partial charge in [0.05, 0.1) is 0 Å². The van der Waals surface area contributed by atoms with Crippen molar-refractivity contribution in [1.29, 1.82) is 0 Å². The predicted molar refractivity (Wildman–Crippen MR) is 109 cm³/mol. The van der Waals surface area contributed by atoms with Gasteiger partial charge in [-0.25, -0.2) is 0 Å². The molecule has 0 saturated carbocycles. The molecular weight excluding hydrogens is 324 g/mol. The van der Waals surface area contributed by atoms with Crippen LogP contribution >= 0.6 is 11.8 Å². The zero-order valence-corrected chi connectivity index (χ0v) is 15.1. The molecule has 1 N–H and O–H groups in total. The van der Waals surface area contributed by atoms with E-state index in [4.69, 9.17) is 0 Å². The van der Waals surface area contributed by atoms with Crippen molar-refractivity contribution in [3.63, 3.8) is 0 Å². The van der Waals surface area contributed by atoms with Gasteiger partial charge in [0.2, 0.25) is 0 Å². The lowest BCUT2D eigenvalue weighted by Crippen LogP contribution is -2.30.